The van der Waals surface area contributed by atoms with Gasteiger partial charge >= 0.3 is 19.8 Å². The molecule has 0 rings (SSSR count). The number of unbranched alkanes of at least 4 members (excludes halogenated alkanes) is 8. The van der Waals surface area contributed by atoms with Gasteiger partial charge in [-0.1, -0.05) is 130 Å². The van der Waals surface area contributed by atoms with Gasteiger partial charge in [0.2, 0.25) is 0 Å². The zero-order chi connectivity index (χ0) is 38.2. The molecule has 52 heavy (non-hydrogen) atoms. The minimum atomic E-state index is -4.78. The fourth-order valence-corrected chi connectivity index (χ4v) is 5.06. The summed E-state index contributed by atoms with van der Waals surface area (Å²) < 4.78 is 26.3. The second-order valence-electron chi connectivity index (χ2n) is 12.5. The number of allylic oxidation sites excluding steroid dienone is 16. The van der Waals surface area contributed by atoms with Crippen LogP contribution in [0, 0.1) is 0 Å². The number of hydrogen-bond acceptors (Lipinski definition) is 6. The molecule has 0 unspecified atom stereocenters. The Morgan fingerprint density at radius 2 is 0.923 bits per heavy atom. The molecule has 0 amide bonds. The normalized spacial score (nSPS) is 13.5. The molecule has 0 aromatic heterocycles. The fraction of sp³-hybridized carbons (Fsp3) is 0.581. The highest BCUT2D eigenvalue weighted by Gasteiger charge is 2.22. The third kappa shape index (κ3) is 39.8. The van der Waals surface area contributed by atoms with Gasteiger partial charge in [0, 0.05) is 12.8 Å². The molecule has 0 aliphatic carbocycles. The van der Waals surface area contributed by atoms with Crippen molar-refractivity contribution in [2.75, 3.05) is 13.2 Å². The molecule has 0 bridgehead atoms. The topological polar surface area (TPSA) is 119 Å². The van der Waals surface area contributed by atoms with Crippen LogP contribution >= 0.6 is 7.82 Å². The standard InChI is InChI=1S/C43H69O8P/c1-3-5-7-9-11-13-15-17-19-20-21-22-24-26-28-30-32-34-36-38-43(45)51-41(40-50-52(46,47)48)39-49-42(44)37-35-33-31-29-27-25-23-18-16-14-12-10-8-6-4-2/h6,8,11-14,17-19,21-23,26-29,41H,3-5,7,9-10,15-16,20,24-25,30-40H2,1-2H3,(H2,46,47,48)/b8-6+,13-11+,14-12+,19-17+,22-21+,23-18+,28-26+,29-27+/t41-/m1/s1. The molecule has 0 radical (unpaired) electrons. The summed E-state index contributed by atoms with van der Waals surface area (Å²) in [5.74, 6) is -0.981. The summed E-state index contributed by atoms with van der Waals surface area (Å²) in [6.45, 7) is 3.45. The number of rotatable bonds is 34. The minimum absolute atomic E-state index is 0.159. The largest absolute Gasteiger partial charge is 0.469 e. The summed E-state index contributed by atoms with van der Waals surface area (Å²) in [5, 5.41) is 0. The smallest absolute Gasteiger partial charge is 0.462 e. The first-order chi connectivity index (χ1) is 25.3. The molecule has 0 saturated heterocycles. The van der Waals surface area contributed by atoms with Crippen LogP contribution < -0.4 is 0 Å². The van der Waals surface area contributed by atoms with E-state index in [2.05, 4.69) is 116 Å². The number of phosphoric acid groups is 1. The van der Waals surface area contributed by atoms with Crippen molar-refractivity contribution in [2.45, 2.75) is 148 Å². The number of esters is 2. The van der Waals surface area contributed by atoms with Crippen LogP contribution in [0.3, 0.4) is 0 Å². The van der Waals surface area contributed by atoms with Gasteiger partial charge in [-0.25, -0.2) is 4.57 Å². The Morgan fingerprint density at radius 1 is 0.519 bits per heavy atom. The molecule has 0 fully saturated rings. The third-order valence-electron chi connectivity index (χ3n) is 7.59. The van der Waals surface area contributed by atoms with Crippen molar-refractivity contribution in [3.8, 4) is 0 Å². The number of hydrogen-bond donors (Lipinski definition) is 2. The summed E-state index contributed by atoms with van der Waals surface area (Å²) in [6.07, 6.45) is 51.3. The van der Waals surface area contributed by atoms with Crippen molar-refractivity contribution in [2.24, 2.45) is 0 Å². The zero-order valence-corrected chi connectivity index (χ0v) is 33.1. The molecule has 0 aromatic carbocycles. The first-order valence-electron chi connectivity index (χ1n) is 19.5. The Bertz CT molecular complexity index is 1160. The Morgan fingerprint density at radius 3 is 1.38 bits per heavy atom. The Kier molecular flexibility index (Phi) is 35.5. The lowest BCUT2D eigenvalue weighted by Gasteiger charge is -2.18. The van der Waals surface area contributed by atoms with Gasteiger partial charge in [-0.15, -0.1) is 0 Å². The van der Waals surface area contributed by atoms with Gasteiger partial charge in [0.15, 0.2) is 6.10 Å². The minimum Gasteiger partial charge on any atom is -0.462 e. The average Bonchev–Trinajstić information content (AvgIpc) is 3.11. The van der Waals surface area contributed by atoms with Crippen molar-refractivity contribution in [3.05, 3.63) is 97.2 Å². The van der Waals surface area contributed by atoms with Crippen LogP contribution in [-0.2, 0) is 28.2 Å². The van der Waals surface area contributed by atoms with Crippen molar-refractivity contribution in [1.29, 1.82) is 0 Å². The molecule has 0 spiro atoms. The van der Waals surface area contributed by atoms with Crippen molar-refractivity contribution >= 4 is 19.8 Å². The second-order valence-corrected chi connectivity index (χ2v) is 13.8. The fourth-order valence-electron chi connectivity index (χ4n) is 4.70. The van der Waals surface area contributed by atoms with E-state index in [4.69, 9.17) is 19.3 Å². The van der Waals surface area contributed by atoms with E-state index in [9.17, 15) is 14.2 Å². The van der Waals surface area contributed by atoms with E-state index in [1.807, 2.05) is 0 Å². The van der Waals surface area contributed by atoms with Gasteiger partial charge in [-0.3, -0.25) is 14.1 Å². The van der Waals surface area contributed by atoms with E-state index in [-0.39, 0.29) is 19.4 Å². The molecule has 294 valence electrons. The lowest BCUT2D eigenvalue weighted by Crippen LogP contribution is -2.29. The van der Waals surface area contributed by atoms with Crippen molar-refractivity contribution < 1.29 is 37.9 Å². The SMILES string of the molecule is CC/C=C/C/C=C/C/C=C/C/C=C/CCCCC(=O)OC[C@H](COP(=O)(O)O)OC(=O)CCCCC/C=C/C/C=C/C/C=C/C/C=C/CCCCC. The highest BCUT2D eigenvalue weighted by Crippen LogP contribution is 2.35. The molecule has 0 saturated carbocycles. The predicted octanol–water partition coefficient (Wildman–Crippen LogP) is 11.8. The highest BCUT2D eigenvalue weighted by molar-refractivity contribution is 7.46. The van der Waals surface area contributed by atoms with E-state index in [1.54, 1.807) is 0 Å². The van der Waals surface area contributed by atoms with Gasteiger partial charge in [0.05, 0.1) is 6.61 Å². The lowest BCUT2D eigenvalue weighted by atomic mass is 10.1. The van der Waals surface area contributed by atoms with Crippen LogP contribution in [-0.4, -0.2) is 41.0 Å². The monoisotopic (exact) mass is 744 g/mol. The molecular formula is C43H69O8P. The Hall–Kier alpha value is -3.03. The summed E-state index contributed by atoms with van der Waals surface area (Å²) in [7, 11) is -4.78. The van der Waals surface area contributed by atoms with Gasteiger partial charge in [-0.2, -0.15) is 0 Å². The summed E-state index contributed by atoms with van der Waals surface area (Å²) in [5.41, 5.74) is 0. The quantitative estimate of drug-likeness (QED) is 0.0289. The summed E-state index contributed by atoms with van der Waals surface area (Å²) in [4.78, 5) is 42.7. The first-order valence-corrected chi connectivity index (χ1v) is 21.1. The predicted molar refractivity (Wildman–Crippen MR) is 216 cm³/mol. The molecule has 9 heteroatoms. The van der Waals surface area contributed by atoms with Gasteiger partial charge in [0.1, 0.15) is 6.61 Å². The number of phosphoric ester groups is 1. The maximum atomic E-state index is 12.4. The van der Waals surface area contributed by atoms with E-state index in [0.29, 0.717) is 12.8 Å². The number of carbonyl (C=O) groups is 2. The van der Waals surface area contributed by atoms with Gasteiger partial charge in [-0.05, 0) is 96.3 Å². The summed E-state index contributed by atoms with van der Waals surface area (Å²) >= 11 is 0. The first kappa shape index (κ1) is 49.0. The van der Waals surface area contributed by atoms with Gasteiger partial charge < -0.3 is 19.3 Å². The van der Waals surface area contributed by atoms with Crippen LogP contribution in [0.1, 0.15) is 142 Å². The van der Waals surface area contributed by atoms with Crippen molar-refractivity contribution in [3.63, 3.8) is 0 Å². The lowest BCUT2D eigenvalue weighted by molar-refractivity contribution is -0.161. The maximum Gasteiger partial charge on any atom is 0.469 e. The number of carbonyl (C=O) groups excluding carboxylic acids is 2. The average molecular weight is 745 g/mol. The molecule has 2 N–H and O–H groups in total. The molecular weight excluding hydrogens is 675 g/mol. The molecule has 0 aliphatic heterocycles. The highest BCUT2D eigenvalue weighted by atomic mass is 31.2. The van der Waals surface area contributed by atoms with E-state index < -0.39 is 32.5 Å². The number of ether oxygens (including phenoxy) is 2. The van der Waals surface area contributed by atoms with Crippen LogP contribution in [0.5, 0.6) is 0 Å². The van der Waals surface area contributed by atoms with Crippen molar-refractivity contribution in [1.82, 2.24) is 0 Å². The Balaban J connectivity index is 4.12. The van der Waals surface area contributed by atoms with Crippen LogP contribution in [0.2, 0.25) is 0 Å². The van der Waals surface area contributed by atoms with E-state index >= 15 is 0 Å². The molecule has 0 aromatic rings. The molecule has 0 heterocycles. The van der Waals surface area contributed by atoms with Gasteiger partial charge in [0.25, 0.3) is 0 Å². The second kappa shape index (κ2) is 37.7. The van der Waals surface area contributed by atoms with E-state index in [0.717, 1.165) is 77.0 Å². The molecule has 1 atom stereocenters. The van der Waals surface area contributed by atoms with E-state index in [1.165, 1.54) is 25.7 Å². The third-order valence-corrected chi connectivity index (χ3v) is 8.07. The van der Waals surface area contributed by atoms with Crippen LogP contribution in [0.4, 0.5) is 0 Å². The zero-order valence-electron chi connectivity index (χ0n) is 32.2. The molecule has 8 nitrogen and oxygen atoms in total. The van der Waals surface area contributed by atoms with Crippen LogP contribution in [0.15, 0.2) is 97.2 Å². The van der Waals surface area contributed by atoms with Crippen LogP contribution in [0.25, 0.3) is 0 Å². The molecule has 0 aliphatic rings. The Labute approximate surface area is 315 Å². The summed E-state index contributed by atoms with van der Waals surface area (Å²) in [6, 6.07) is 0. The maximum absolute atomic E-state index is 12.4.